The average Bonchev–Trinajstić information content (AvgIpc) is 3.64. The molecular weight excluding hydrogens is 546 g/mol. The van der Waals surface area contributed by atoms with Crippen molar-refractivity contribution in [2.24, 2.45) is 5.10 Å². The highest BCUT2D eigenvalue weighted by Crippen LogP contribution is 2.30. The summed E-state index contributed by atoms with van der Waals surface area (Å²) in [5, 5.41) is 3.98. The molecule has 0 spiro atoms. The molecule has 0 radical (unpaired) electrons. The number of hydrogen-bond acceptors (Lipinski definition) is 5. The number of aromatic nitrogens is 1. The minimum absolute atomic E-state index is 0.137. The summed E-state index contributed by atoms with van der Waals surface area (Å²) in [7, 11) is 0. The molecule has 0 saturated carbocycles. The highest BCUT2D eigenvalue weighted by atomic mass is 79.9. The van der Waals surface area contributed by atoms with E-state index in [1.807, 2.05) is 55.5 Å². The Morgan fingerprint density at radius 1 is 0.947 bits per heavy atom. The predicted octanol–water partition coefficient (Wildman–Crippen LogP) is 7.36. The molecule has 3 heterocycles. The monoisotopic (exact) mass is 571 g/mol. The first kappa shape index (κ1) is 25.4. The van der Waals surface area contributed by atoms with Gasteiger partial charge < -0.3 is 18.1 Å². The molecule has 7 nitrogen and oxygen atoms in total. The van der Waals surface area contributed by atoms with Gasteiger partial charge in [-0.3, -0.25) is 4.79 Å². The van der Waals surface area contributed by atoms with Crippen LogP contribution in [0.3, 0.4) is 0 Å². The van der Waals surface area contributed by atoms with Crippen LogP contribution in [0, 0.1) is 20.8 Å². The van der Waals surface area contributed by atoms with Gasteiger partial charge in [-0.25, -0.2) is 5.43 Å². The SMILES string of the molecule is Cc1ccc(-c2ccc(/C=N/NC(=O)c3ccc(COc4ccc(-n5c(C)ccc5C)cc4)o3)o2)c(Br)c1. The molecule has 3 aromatic heterocycles. The number of carbonyl (C=O) groups excluding carboxylic acids is 1. The van der Waals surface area contributed by atoms with Crippen LogP contribution in [-0.2, 0) is 6.61 Å². The van der Waals surface area contributed by atoms with Crippen LogP contribution in [-0.4, -0.2) is 16.7 Å². The molecule has 0 aliphatic rings. The number of hydrogen-bond donors (Lipinski definition) is 1. The molecule has 1 amide bonds. The normalized spacial score (nSPS) is 11.3. The zero-order valence-electron chi connectivity index (χ0n) is 21.2. The number of carbonyl (C=O) groups is 1. The van der Waals surface area contributed by atoms with Crippen molar-refractivity contribution in [1.29, 1.82) is 0 Å². The summed E-state index contributed by atoms with van der Waals surface area (Å²) in [6.07, 6.45) is 1.44. The Labute approximate surface area is 228 Å². The maximum absolute atomic E-state index is 12.4. The van der Waals surface area contributed by atoms with Gasteiger partial charge in [-0.05, 0) is 99.1 Å². The maximum atomic E-state index is 12.4. The topological polar surface area (TPSA) is 81.9 Å². The molecule has 0 aliphatic heterocycles. The zero-order chi connectivity index (χ0) is 26.6. The van der Waals surface area contributed by atoms with E-state index in [9.17, 15) is 4.79 Å². The molecule has 0 saturated heterocycles. The highest BCUT2D eigenvalue weighted by molar-refractivity contribution is 9.10. The lowest BCUT2D eigenvalue weighted by Crippen LogP contribution is -2.16. The quantitative estimate of drug-likeness (QED) is 0.156. The molecule has 192 valence electrons. The van der Waals surface area contributed by atoms with Crippen LogP contribution in [0.25, 0.3) is 17.0 Å². The minimum Gasteiger partial charge on any atom is -0.486 e. The van der Waals surface area contributed by atoms with Crippen molar-refractivity contribution < 1.29 is 18.4 Å². The summed E-state index contributed by atoms with van der Waals surface area (Å²) >= 11 is 3.56. The van der Waals surface area contributed by atoms with Crippen molar-refractivity contribution in [3.8, 4) is 22.8 Å². The smallest absolute Gasteiger partial charge is 0.307 e. The van der Waals surface area contributed by atoms with Gasteiger partial charge in [0.15, 0.2) is 5.76 Å². The fourth-order valence-corrected chi connectivity index (χ4v) is 4.78. The number of hydrazone groups is 1. The van der Waals surface area contributed by atoms with Crippen molar-refractivity contribution in [3.63, 3.8) is 0 Å². The number of benzene rings is 2. The Hall–Kier alpha value is -4.30. The van der Waals surface area contributed by atoms with E-state index in [1.165, 1.54) is 17.6 Å². The molecule has 5 aromatic rings. The summed E-state index contributed by atoms with van der Waals surface area (Å²) in [5.41, 5.74) is 7.96. The minimum atomic E-state index is -0.470. The lowest BCUT2D eigenvalue weighted by Gasteiger charge is -2.10. The summed E-state index contributed by atoms with van der Waals surface area (Å²) in [6.45, 7) is 6.37. The number of ether oxygens (including phenoxy) is 1. The molecule has 0 aliphatic carbocycles. The van der Waals surface area contributed by atoms with Crippen LogP contribution < -0.4 is 10.2 Å². The van der Waals surface area contributed by atoms with Gasteiger partial charge in [-0.2, -0.15) is 5.10 Å². The van der Waals surface area contributed by atoms with Crippen LogP contribution in [0.1, 0.15) is 39.0 Å². The number of rotatable bonds is 8. The average molecular weight is 572 g/mol. The lowest BCUT2D eigenvalue weighted by atomic mass is 10.1. The molecule has 2 aromatic carbocycles. The fourth-order valence-electron chi connectivity index (χ4n) is 4.10. The van der Waals surface area contributed by atoms with Crippen LogP contribution >= 0.6 is 15.9 Å². The summed E-state index contributed by atoms with van der Waals surface area (Å²) < 4.78 is 20.4. The Morgan fingerprint density at radius 3 is 2.45 bits per heavy atom. The van der Waals surface area contributed by atoms with Crippen LogP contribution in [0.5, 0.6) is 5.75 Å². The van der Waals surface area contributed by atoms with Crippen molar-refractivity contribution >= 4 is 28.1 Å². The van der Waals surface area contributed by atoms with Gasteiger partial charge in [0.05, 0.1) is 6.21 Å². The molecule has 38 heavy (non-hydrogen) atoms. The van der Waals surface area contributed by atoms with Gasteiger partial charge >= 0.3 is 5.91 Å². The number of furan rings is 2. The van der Waals surface area contributed by atoms with E-state index >= 15 is 0 Å². The molecule has 0 bridgehead atoms. The Morgan fingerprint density at radius 2 is 1.71 bits per heavy atom. The third kappa shape index (κ3) is 5.65. The van der Waals surface area contributed by atoms with Gasteiger partial charge in [-0.15, -0.1) is 0 Å². The first-order valence-electron chi connectivity index (χ1n) is 12.0. The van der Waals surface area contributed by atoms with Crippen molar-refractivity contribution in [2.45, 2.75) is 27.4 Å². The molecule has 1 N–H and O–H groups in total. The first-order valence-corrected chi connectivity index (χ1v) is 12.8. The van der Waals surface area contributed by atoms with Crippen molar-refractivity contribution in [3.05, 3.63) is 118 Å². The largest absolute Gasteiger partial charge is 0.486 e. The Kier molecular flexibility index (Phi) is 7.33. The lowest BCUT2D eigenvalue weighted by molar-refractivity contribution is 0.0923. The second-order valence-electron chi connectivity index (χ2n) is 8.88. The van der Waals surface area contributed by atoms with E-state index < -0.39 is 5.91 Å². The van der Waals surface area contributed by atoms with Gasteiger partial charge in [0.2, 0.25) is 0 Å². The maximum Gasteiger partial charge on any atom is 0.307 e. The van der Waals surface area contributed by atoms with E-state index in [4.69, 9.17) is 13.6 Å². The van der Waals surface area contributed by atoms with Crippen molar-refractivity contribution in [1.82, 2.24) is 9.99 Å². The zero-order valence-corrected chi connectivity index (χ0v) is 22.8. The van der Waals surface area contributed by atoms with Crippen LogP contribution in [0.4, 0.5) is 0 Å². The number of nitrogens with one attached hydrogen (secondary N) is 1. The number of nitrogens with zero attached hydrogens (tertiary/aromatic N) is 2. The van der Waals surface area contributed by atoms with Crippen LogP contribution in [0.15, 0.2) is 97.3 Å². The molecule has 5 rings (SSSR count). The van der Waals surface area contributed by atoms with Gasteiger partial charge in [-0.1, -0.05) is 22.0 Å². The molecular formula is C30H26BrN3O4. The third-order valence-electron chi connectivity index (χ3n) is 6.01. The second kappa shape index (κ2) is 11.0. The first-order chi connectivity index (χ1) is 18.4. The molecule has 0 atom stereocenters. The molecule has 8 heteroatoms. The van der Waals surface area contributed by atoms with Crippen molar-refractivity contribution in [2.75, 3.05) is 0 Å². The van der Waals surface area contributed by atoms with E-state index in [0.717, 1.165) is 21.3 Å². The summed E-state index contributed by atoms with van der Waals surface area (Å²) in [4.78, 5) is 12.4. The number of halogens is 1. The molecule has 0 fully saturated rings. The predicted molar refractivity (Wildman–Crippen MR) is 150 cm³/mol. The van der Waals surface area contributed by atoms with Gasteiger partial charge in [0, 0.05) is 27.1 Å². The summed E-state index contributed by atoms with van der Waals surface area (Å²) in [5.74, 6) is 2.11. The van der Waals surface area contributed by atoms with Gasteiger partial charge in [0.25, 0.3) is 0 Å². The third-order valence-corrected chi connectivity index (χ3v) is 6.66. The Bertz CT molecular complexity index is 1590. The number of amides is 1. The highest BCUT2D eigenvalue weighted by Gasteiger charge is 2.12. The van der Waals surface area contributed by atoms with E-state index in [-0.39, 0.29) is 12.4 Å². The Balaban J connectivity index is 1.14. The second-order valence-corrected chi connectivity index (χ2v) is 9.74. The van der Waals surface area contributed by atoms with Gasteiger partial charge in [0.1, 0.15) is 29.6 Å². The molecule has 0 unspecified atom stereocenters. The number of aryl methyl sites for hydroxylation is 3. The van der Waals surface area contributed by atoms with E-state index in [1.54, 1.807) is 18.2 Å². The van der Waals surface area contributed by atoms with E-state index in [2.05, 4.69) is 57.0 Å². The van der Waals surface area contributed by atoms with E-state index in [0.29, 0.717) is 23.0 Å². The van der Waals surface area contributed by atoms with Crippen LogP contribution in [0.2, 0.25) is 0 Å². The summed E-state index contributed by atoms with van der Waals surface area (Å²) in [6, 6.07) is 25.0. The fraction of sp³-hybridized carbons (Fsp3) is 0.133. The standard InChI is InChI=1S/C30H26BrN3O4/c1-19-4-13-26(27(31)16-19)28-14-11-24(37-28)17-32-33-30(35)29-15-12-25(38-29)18-36-23-9-7-22(8-10-23)34-20(2)5-6-21(34)3/h4-17H,18H2,1-3H3,(H,33,35)/b32-17+.